The van der Waals surface area contributed by atoms with Crippen molar-refractivity contribution in [2.24, 2.45) is 5.10 Å². The predicted molar refractivity (Wildman–Crippen MR) is 83.4 cm³/mol. The van der Waals surface area contributed by atoms with Crippen LogP contribution in [0.4, 0.5) is 11.5 Å². The van der Waals surface area contributed by atoms with Gasteiger partial charge in [-0.1, -0.05) is 41.6 Å². The number of benzene rings is 2. The summed E-state index contributed by atoms with van der Waals surface area (Å²) in [6.45, 7) is 0. The van der Waals surface area contributed by atoms with Gasteiger partial charge in [0, 0.05) is 0 Å². The Labute approximate surface area is 121 Å². The molecule has 0 saturated heterocycles. The van der Waals surface area contributed by atoms with E-state index in [1.807, 2.05) is 60.7 Å². The summed E-state index contributed by atoms with van der Waals surface area (Å²) in [5, 5.41) is 12.2. The Morgan fingerprint density at radius 2 is 1.67 bits per heavy atom. The second kappa shape index (κ2) is 5.87. The molecule has 0 saturated carbocycles. The third-order valence-corrected chi connectivity index (χ3v) is 2.89. The van der Waals surface area contributed by atoms with E-state index in [0.29, 0.717) is 11.5 Å². The van der Waals surface area contributed by atoms with Gasteiger partial charge >= 0.3 is 0 Å². The van der Waals surface area contributed by atoms with Crippen molar-refractivity contribution in [3.8, 4) is 5.69 Å². The standard InChI is InChI=1S/C15H14N6/c16-15-14(11-17-18-12-7-3-1-4-8-12)19-20-21(15)13-9-5-2-6-10-13/h1-11,18H,16H2/b17-11+. The maximum atomic E-state index is 6.03. The van der Waals surface area contributed by atoms with Crippen molar-refractivity contribution in [1.82, 2.24) is 15.0 Å². The molecule has 1 aromatic heterocycles. The zero-order valence-electron chi connectivity index (χ0n) is 11.2. The highest BCUT2D eigenvalue weighted by Crippen LogP contribution is 2.13. The van der Waals surface area contributed by atoms with Gasteiger partial charge in [-0.15, -0.1) is 5.10 Å². The minimum absolute atomic E-state index is 0.444. The molecule has 3 N–H and O–H groups in total. The number of aromatic nitrogens is 3. The molecule has 6 heteroatoms. The summed E-state index contributed by atoms with van der Waals surface area (Å²) in [5.74, 6) is 0.444. The normalized spacial score (nSPS) is 10.9. The number of para-hydroxylation sites is 2. The van der Waals surface area contributed by atoms with E-state index in [0.717, 1.165) is 11.4 Å². The SMILES string of the molecule is Nc1c(/C=N/Nc2ccccc2)nnn1-c1ccccc1. The van der Waals surface area contributed by atoms with Gasteiger partial charge in [0.2, 0.25) is 0 Å². The van der Waals surface area contributed by atoms with Gasteiger partial charge < -0.3 is 5.73 Å². The molecule has 3 aromatic rings. The number of rotatable bonds is 4. The highest BCUT2D eigenvalue weighted by molar-refractivity contribution is 5.83. The van der Waals surface area contributed by atoms with Crippen molar-refractivity contribution >= 4 is 17.7 Å². The summed E-state index contributed by atoms with van der Waals surface area (Å²) in [7, 11) is 0. The second-order valence-corrected chi connectivity index (χ2v) is 4.34. The van der Waals surface area contributed by atoms with E-state index in [1.165, 1.54) is 0 Å². The zero-order chi connectivity index (χ0) is 14.5. The molecule has 0 spiro atoms. The van der Waals surface area contributed by atoms with Crippen molar-refractivity contribution < 1.29 is 0 Å². The van der Waals surface area contributed by atoms with Crippen LogP contribution in [0.15, 0.2) is 65.8 Å². The van der Waals surface area contributed by atoms with E-state index in [2.05, 4.69) is 20.8 Å². The zero-order valence-corrected chi connectivity index (χ0v) is 11.2. The summed E-state index contributed by atoms with van der Waals surface area (Å²) in [5.41, 5.74) is 11.2. The molecule has 21 heavy (non-hydrogen) atoms. The molecule has 0 aliphatic carbocycles. The van der Waals surface area contributed by atoms with Crippen molar-refractivity contribution in [2.75, 3.05) is 11.2 Å². The van der Waals surface area contributed by atoms with Crippen LogP contribution in [-0.2, 0) is 0 Å². The summed E-state index contributed by atoms with van der Waals surface area (Å²) < 4.78 is 1.57. The van der Waals surface area contributed by atoms with E-state index in [4.69, 9.17) is 5.73 Å². The lowest BCUT2D eigenvalue weighted by molar-refractivity contribution is 0.809. The molecule has 0 amide bonds. The van der Waals surface area contributed by atoms with Crippen molar-refractivity contribution in [1.29, 1.82) is 0 Å². The van der Waals surface area contributed by atoms with Crippen molar-refractivity contribution in [3.63, 3.8) is 0 Å². The quantitative estimate of drug-likeness (QED) is 0.566. The number of nitrogen functional groups attached to an aromatic ring is 1. The first-order valence-corrected chi connectivity index (χ1v) is 6.45. The monoisotopic (exact) mass is 278 g/mol. The predicted octanol–water partition coefficient (Wildman–Crippen LogP) is 2.30. The molecule has 0 atom stereocenters. The molecule has 0 radical (unpaired) electrons. The Morgan fingerprint density at radius 3 is 2.38 bits per heavy atom. The lowest BCUT2D eigenvalue weighted by Crippen LogP contribution is -2.02. The Bertz CT molecular complexity index is 733. The lowest BCUT2D eigenvalue weighted by Gasteiger charge is -2.01. The molecular formula is C15H14N6. The maximum Gasteiger partial charge on any atom is 0.156 e. The van der Waals surface area contributed by atoms with E-state index in [1.54, 1.807) is 10.9 Å². The smallest absolute Gasteiger partial charge is 0.156 e. The van der Waals surface area contributed by atoms with Gasteiger partial charge in [0.05, 0.1) is 17.6 Å². The Kier molecular flexibility index (Phi) is 3.60. The van der Waals surface area contributed by atoms with Gasteiger partial charge in [-0.2, -0.15) is 9.78 Å². The van der Waals surface area contributed by atoms with E-state index < -0.39 is 0 Å². The molecule has 1 heterocycles. The fourth-order valence-corrected chi connectivity index (χ4v) is 1.83. The fourth-order valence-electron chi connectivity index (χ4n) is 1.83. The highest BCUT2D eigenvalue weighted by Gasteiger charge is 2.08. The molecule has 6 nitrogen and oxygen atoms in total. The first-order chi connectivity index (χ1) is 10.3. The number of nitrogens with one attached hydrogen (secondary N) is 1. The van der Waals surface area contributed by atoms with Crippen molar-refractivity contribution in [3.05, 3.63) is 66.4 Å². The van der Waals surface area contributed by atoms with Gasteiger partial charge in [-0.25, -0.2) is 0 Å². The van der Waals surface area contributed by atoms with Gasteiger partial charge in [-0.3, -0.25) is 5.43 Å². The van der Waals surface area contributed by atoms with E-state index >= 15 is 0 Å². The number of hydrogen-bond donors (Lipinski definition) is 2. The van der Waals surface area contributed by atoms with Crippen LogP contribution in [0, 0.1) is 0 Å². The largest absolute Gasteiger partial charge is 0.382 e. The summed E-state index contributed by atoms with van der Waals surface area (Å²) in [6, 6.07) is 19.2. The van der Waals surface area contributed by atoms with Crippen LogP contribution < -0.4 is 11.2 Å². The molecule has 0 aliphatic heterocycles. The average molecular weight is 278 g/mol. The van der Waals surface area contributed by atoms with Crippen LogP contribution >= 0.6 is 0 Å². The van der Waals surface area contributed by atoms with Gasteiger partial charge in [0.25, 0.3) is 0 Å². The first kappa shape index (κ1) is 12.9. The molecule has 0 aliphatic rings. The summed E-state index contributed by atoms with van der Waals surface area (Å²) in [6.07, 6.45) is 1.55. The van der Waals surface area contributed by atoms with Crippen LogP contribution in [0.25, 0.3) is 5.69 Å². The van der Waals surface area contributed by atoms with Crippen LogP contribution in [-0.4, -0.2) is 21.2 Å². The Hall–Kier alpha value is -3.15. The molecule has 2 aromatic carbocycles. The number of nitrogens with two attached hydrogens (primary N) is 1. The average Bonchev–Trinajstić information content (AvgIpc) is 2.90. The number of hydrogen-bond acceptors (Lipinski definition) is 5. The molecule has 0 fully saturated rings. The Balaban J connectivity index is 1.77. The topological polar surface area (TPSA) is 81.1 Å². The molecule has 104 valence electrons. The summed E-state index contributed by atoms with van der Waals surface area (Å²) >= 11 is 0. The van der Waals surface area contributed by atoms with Crippen LogP contribution in [0.2, 0.25) is 0 Å². The van der Waals surface area contributed by atoms with Crippen LogP contribution in [0.5, 0.6) is 0 Å². The van der Waals surface area contributed by atoms with Crippen LogP contribution in [0.1, 0.15) is 5.69 Å². The highest BCUT2D eigenvalue weighted by atomic mass is 15.5. The lowest BCUT2D eigenvalue weighted by atomic mass is 10.3. The minimum Gasteiger partial charge on any atom is -0.382 e. The Morgan fingerprint density at radius 1 is 1.00 bits per heavy atom. The maximum absolute atomic E-state index is 6.03. The fraction of sp³-hybridized carbons (Fsp3) is 0. The molecule has 0 bridgehead atoms. The van der Waals surface area contributed by atoms with Gasteiger partial charge in [0.1, 0.15) is 5.69 Å². The van der Waals surface area contributed by atoms with Gasteiger partial charge in [0.15, 0.2) is 5.82 Å². The first-order valence-electron chi connectivity index (χ1n) is 6.45. The second-order valence-electron chi connectivity index (χ2n) is 4.34. The van der Waals surface area contributed by atoms with E-state index in [9.17, 15) is 0 Å². The van der Waals surface area contributed by atoms with Crippen molar-refractivity contribution in [2.45, 2.75) is 0 Å². The molecular weight excluding hydrogens is 264 g/mol. The molecule has 0 unspecified atom stereocenters. The minimum atomic E-state index is 0.444. The number of anilines is 2. The third-order valence-electron chi connectivity index (χ3n) is 2.89. The number of nitrogens with zero attached hydrogens (tertiary/aromatic N) is 4. The summed E-state index contributed by atoms with van der Waals surface area (Å²) in [4.78, 5) is 0. The third kappa shape index (κ3) is 2.89. The van der Waals surface area contributed by atoms with E-state index in [-0.39, 0.29) is 0 Å². The van der Waals surface area contributed by atoms with Gasteiger partial charge in [-0.05, 0) is 24.3 Å². The molecule has 3 rings (SSSR count). The number of hydrazone groups is 1. The van der Waals surface area contributed by atoms with Crippen LogP contribution in [0.3, 0.4) is 0 Å².